The predicted molar refractivity (Wildman–Crippen MR) is 68.6 cm³/mol. The fourth-order valence-electron chi connectivity index (χ4n) is 1.89. The van der Waals surface area contributed by atoms with Gasteiger partial charge in [-0.2, -0.15) is 9.78 Å². The van der Waals surface area contributed by atoms with E-state index in [9.17, 15) is 4.79 Å². The molecular weight excluding hydrogens is 228 g/mol. The summed E-state index contributed by atoms with van der Waals surface area (Å²) in [5.41, 5.74) is 2.94. The Kier molecular flexibility index (Phi) is 3.77. The summed E-state index contributed by atoms with van der Waals surface area (Å²) in [5, 5.41) is 4.14. The van der Waals surface area contributed by atoms with Gasteiger partial charge in [0.1, 0.15) is 0 Å². The molecular formula is C14H16N2O2. The van der Waals surface area contributed by atoms with Crippen LogP contribution >= 0.6 is 0 Å². The monoisotopic (exact) mass is 244 g/mol. The molecule has 0 bridgehead atoms. The Hall–Kier alpha value is -2.10. The van der Waals surface area contributed by atoms with Gasteiger partial charge in [-0.1, -0.05) is 30.3 Å². The van der Waals surface area contributed by atoms with Crippen LogP contribution in [0, 0.1) is 6.92 Å². The Labute approximate surface area is 106 Å². The first kappa shape index (κ1) is 12.4. The first-order valence-corrected chi connectivity index (χ1v) is 5.88. The molecule has 0 aliphatic carbocycles. The third-order valence-electron chi connectivity index (χ3n) is 2.77. The fourth-order valence-corrected chi connectivity index (χ4v) is 1.89. The fraction of sp³-hybridized carbons (Fsp3) is 0.286. The minimum Gasteiger partial charge on any atom is -0.451 e. The van der Waals surface area contributed by atoms with Crippen molar-refractivity contribution < 1.29 is 9.53 Å². The Morgan fingerprint density at radius 1 is 1.28 bits per heavy atom. The van der Waals surface area contributed by atoms with Crippen molar-refractivity contribution in [3.05, 3.63) is 53.3 Å². The van der Waals surface area contributed by atoms with Crippen LogP contribution in [-0.2, 0) is 17.6 Å². The summed E-state index contributed by atoms with van der Waals surface area (Å²) in [7, 11) is 1.36. The summed E-state index contributed by atoms with van der Waals surface area (Å²) in [6.45, 7) is 1.87. The molecule has 0 unspecified atom stereocenters. The minimum absolute atomic E-state index is 0.439. The van der Waals surface area contributed by atoms with Crippen molar-refractivity contribution in [1.82, 2.24) is 9.78 Å². The van der Waals surface area contributed by atoms with E-state index in [1.165, 1.54) is 17.4 Å². The first-order chi connectivity index (χ1) is 8.70. The molecule has 0 spiro atoms. The van der Waals surface area contributed by atoms with Gasteiger partial charge in [0.25, 0.3) is 0 Å². The van der Waals surface area contributed by atoms with Gasteiger partial charge in [-0.05, 0) is 31.4 Å². The molecule has 1 aromatic heterocycles. The normalized spacial score (nSPS) is 10.3. The van der Waals surface area contributed by atoms with Crippen molar-refractivity contribution >= 4 is 6.09 Å². The van der Waals surface area contributed by atoms with Crippen molar-refractivity contribution in [2.75, 3.05) is 7.11 Å². The average molecular weight is 244 g/mol. The Morgan fingerprint density at radius 3 is 2.67 bits per heavy atom. The molecule has 1 heterocycles. The van der Waals surface area contributed by atoms with Crippen molar-refractivity contribution in [3.8, 4) is 0 Å². The van der Waals surface area contributed by atoms with E-state index in [4.69, 9.17) is 4.74 Å². The van der Waals surface area contributed by atoms with Crippen LogP contribution in [0.4, 0.5) is 4.79 Å². The second-order valence-electron chi connectivity index (χ2n) is 4.14. The number of methoxy groups -OCH3 is 1. The maximum absolute atomic E-state index is 11.5. The van der Waals surface area contributed by atoms with E-state index in [0.717, 1.165) is 24.2 Å². The number of hydrogen-bond acceptors (Lipinski definition) is 3. The number of aryl methyl sites for hydroxylation is 3. The van der Waals surface area contributed by atoms with Crippen LogP contribution in [0.3, 0.4) is 0 Å². The zero-order valence-corrected chi connectivity index (χ0v) is 10.6. The Morgan fingerprint density at radius 2 is 2.00 bits per heavy atom. The number of nitrogens with zero attached hydrogens (tertiary/aromatic N) is 2. The molecule has 2 rings (SSSR count). The van der Waals surface area contributed by atoms with Gasteiger partial charge >= 0.3 is 6.09 Å². The van der Waals surface area contributed by atoms with Crippen LogP contribution < -0.4 is 0 Å². The van der Waals surface area contributed by atoms with Crippen LogP contribution in [0.5, 0.6) is 0 Å². The molecule has 4 nitrogen and oxygen atoms in total. The van der Waals surface area contributed by atoms with Crippen LogP contribution in [0.2, 0.25) is 0 Å². The molecule has 0 saturated heterocycles. The van der Waals surface area contributed by atoms with Gasteiger partial charge in [-0.15, -0.1) is 0 Å². The van der Waals surface area contributed by atoms with E-state index in [1.54, 1.807) is 0 Å². The van der Waals surface area contributed by atoms with Gasteiger partial charge in [-0.25, -0.2) is 4.79 Å². The molecule has 0 N–H and O–H groups in total. The van der Waals surface area contributed by atoms with Gasteiger partial charge in [-0.3, -0.25) is 0 Å². The summed E-state index contributed by atoms with van der Waals surface area (Å²) in [4.78, 5) is 11.5. The standard InChI is InChI=1S/C14H16N2O2/c1-11-10-13(16(15-11)14(17)18-2)9-8-12-6-4-3-5-7-12/h3-7,10H,8-9H2,1-2H3. The zero-order chi connectivity index (χ0) is 13.0. The van der Waals surface area contributed by atoms with E-state index in [-0.39, 0.29) is 0 Å². The Balaban J connectivity index is 2.12. The third-order valence-corrected chi connectivity index (χ3v) is 2.77. The second-order valence-corrected chi connectivity index (χ2v) is 4.14. The molecule has 0 aliphatic rings. The molecule has 0 fully saturated rings. The predicted octanol–water partition coefficient (Wildman–Crippen LogP) is 2.59. The molecule has 94 valence electrons. The number of carbonyl (C=O) groups excluding carboxylic acids is 1. The van der Waals surface area contributed by atoms with Gasteiger partial charge in [0, 0.05) is 0 Å². The summed E-state index contributed by atoms with van der Waals surface area (Å²) < 4.78 is 6.04. The van der Waals surface area contributed by atoms with E-state index < -0.39 is 6.09 Å². The SMILES string of the molecule is COC(=O)n1nc(C)cc1CCc1ccccc1. The number of aromatic nitrogens is 2. The molecule has 0 saturated carbocycles. The maximum Gasteiger partial charge on any atom is 0.434 e. The summed E-state index contributed by atoms with van der Waals surface area (Å²) in [5.74, 6) is 0. The van der Waals surface area contributed by atoms with Gasteiger partial charge in [0.15, 0.2) is 0 Å². The lowest BCUT2D eigenvalue weighted by Crippen LogP contribution is -2.16. The molecule has 0 radical (unpaired) electrons. The molecule has 0 aliphatic heterocycles. The number of hydrogen-bond donors (Lipinski definition) is 0. The smallest absolute Gasteiger partial charge is 0.434 e. The highest BCUT2D eigenvalue weighted by Crippen LogP contribution is 2.09. The van der Waals surface area contributed by atoms with Crippen molar-refractivity contribution in [3.63, 3.8) is 0 Å². The van der Waals surface area contributed by atoms with E-state index in [0.29, 0.717) is 0 Å². The first-order valence-electron chi connectivity index (χ1n) is 5.88. The van der Waals surface area contributed by atoms with Gasteiger partial charge in [0.05, 0.1) is 18.5 Å². The highest BCUT2D eigenvalue weighted by atomic mass is 16.5. The highest BCUT2D eigenvalue weighted by molar-refractivity contribution is 5.70. The van der Waals surface area contributed by atoms with E-state index in [2.05, 4.69) is 17.2 Å². The van der Waals surface area contributed by atoms with E-state index in [1.807, 2.05) is 31.2 Å². The van der Waals surface area contributed by atoms with Gasteiger partial charge in [0.2, 0.25) is 0 Å². The summed E-state index contributed by atoms with van der Waals surface area (Å²) in [6.07, 6.45) is 1.20. The topological polar surface area (TPSA) is 44.1 Å². The maximum atomic E-state index is 11.5. The molecule has 4 heteroatoms. The number of ether oxygens (including phenoxy) is 1. The lowest BCUT2D eigenvalue weighted by Gasteiger charge is -2.04. The van der Waals surface area contributed by atoms with Crippen LogP contribution in [-0.4, -0.2) is 23.0 Å². The van der Waals surface area contributed by atoms with Crippen LogP contribution in [0.1, 0.15) is 17.0 Å². The van der Waals surface area contributed by atoms with Gasteiger partial charge < -0.3 is 4.74 Å². The lowest BCUT2D eigenvalue weighted by molar-refractivity contribution is 0.168. The van der Waals surface area contributed by atoms with Crippen molar-refractivity contribution in [2.24, 2.45) is 0 Å². The van der Waals surface area contributed by atoms with Crippen LogP contribution in [0.15, 0.2) is 36.4 Å². The number of benzene rings is 1. The van der Waals surface area contributed by atoms with E-state index >= 15 is 0 Å². The highest BCUT2D eigenvalue weighted by Gasteiger charge is 2.12. The molecule has 0 atom stereocenters. The number of rotatable bonds is 3. The zero-order valence-electron chi connectivity index (χ0n) is 10.6. The largest absolute Gasteiger partial charge is 0.451 e. The summed E-state index contributed by atoms with van der Waals surface area (Å²) in [6, 6.07) is 12.1. The molecule has 18 heavy (non-hydrogen) atoms. The molecule has 0 amide bonds. The van der Waals surface area contributed by atoms with Crippen molar-refractivity contribution in [1.29, 1.82) is 0 Å². The number of carbonyl (C=O) groups is 1. The molecule has 1 aromatic carbocycles. The van der Waals surface area contributed by atoms with Crippen LogP contribution in [0.25, 0.3) is 0 Å². The Bertz CT molecular complexity index is 532. The summed E-state index contributed by atoms with van der Waals surface area (Å²) >= 11 is 0. The lowest BCUT2D eigenvalue weighted by atomic mass is 10.1. The van der Waals surface area contributed by atoms with Crippen molar-refractivity contribution in [2.45, 2.75) is 19.8 Å². The molecule has 2 aromatic rings. The second kappa shape index (κ2) is 5.49. The minimum atomic E-state index is -0.439. The average Bonchev–Trinajstić information content (AvgIpc) is 2.78. The quantitative estimate of drug-likeness (QED) is 0.833. The third kappa shape index (κ3) is 2.77.